The number of methoxy groups -OCH3 is 2. The van der Waals surface area contributed by atoms with E-state index in [2.05, 4.69) is 29.7 Å². The average Bonchev–Trinajstić information content (AvgIpc) is 2.50. The van der Waals surface area contributed by atoms with Crippen LogP contribution in [0.2, 0.25) is 0 Å². The van der Waals surface area contributed by atoms with Crippen LogP contribution in [0.4, 0.5) is 0 Å². The molecule has 0 aromatic heterocycles. The van der Waals surface area contributed by atoms with E-state index in [1.54, 1.807) is 14.2 Å². The first-order valence-electron chi connectivity index (χ1n) is 7.32. The lowest BCUT2D eigenvalue weighted by molar-refractivity contribution is -0.122. The number of benzene rings is 1. The van der Waals surface area contributed by atoms with Gasteiger partial charge in [-0.05, 0) is 31.0 Å². The number of hydrogen-bond donors (Lipinski definition) is 2. The molecule has 1 heterocycles. The molecule has 1 aromatic rings. The van der Waals surface area contributed by atoms with Crippen LogP contribution in [0.5, 0.6) is 5.75 Å². The monoisotopic (exact) mass is 292 g/mol. The minimum absolute atomic E-state index is 0.146. The maximum Gasteiger partial charge on any atom is 0.220 e. The second-order valence-corrected chi connectivity index (χ2v) is 5.43. The molecular formula is C16H24N2O3. The van der Waals surface area contributed by atoms with Gasteiger partial charge in [0.1, 0.15) is 5.75 Å². The molecular weight excluding hydrogens is 268 g/mol. The first-order chi connectivity index (χ1) is 10.1. The quantitative estimate of drug-likeness (QED) is 0.839. The SMILES string of the molecule is COCc1cc(C(C)NC2CCC(=O)NC2)ccc1OC. The van der Waals surface area contributed by atoms with Gasteiger partial charge < -0.3 is 20.1 Å². The Morgan fingerprint density at radius 3 is 2.86 bits per heavy atom. The Morgan fingerprint density at radius 1 is 1.43 bits per heavy atom. The van der Waals surface area contributed by atoms with Gasteiger partial charge >= 0.3 is 0 Å². The summed E-state index contributed by atoms with van der Waals surface area (Å²) in [6.45, 7) is 3.36. The molecule has 2 atom stereocenters. The van der Waals surface area contributed by atoms with Crippen LogP contribution in [0.1, 0.15) is 36.9 Å². The van der Waals surface area contributed by atoms with Gasteiger partial charge in [-0.2, -0.15) is 0 Å². The van der Waals surface area contributed by atoms with Crippen molar-refractivity contribution in [2.75, 3.05) is 20.8 Å². The first kappa shape index (κ1) is 15.8. The van der Waals surface area contributed by atoms with Gasteiger partial charge in [0.25, 0.3) is 0 Å². The summed E-state index contributed by atoms with van der Waals surface area (Å²) in [5.41, 5.74) is 2.24. The molecule has 0 aliphatic carbocycles. The highest BCUT2D eigenvalue weighted by Crippen LogP contribution is 2.24. The summed E-state index contributed by atoms with van der Waals surface area (Å²) < 4.78 is 10.6. The fourth-order valence-electron chi connectivity index (χ4n) is 2.66. The number of carbonyl (C=O) groups excluding carboxylic acids is 1. The van der Waals surface area contributed by atoms with Crippen LogP contribution in [0.25, 0.3) is 0 Å². The summed E-state index contributed by atoms with van der Waals surface area (Å²) in [5, 5.41) is 6.46. The highest BCUT2D eigenvalue weighted by atomic mass is 16.5. The molecule has 116 valence electrons. The van der Waals surface area contributed by atoms with Gasteiger partial charge in [0.15, 0.2) is 0 Å². The first-order valence-corrected chi connectivity index (χ1v) is 7.32. The minimum Gasteiger partial charge on any atom is -0.496 e. The number of nitrogens with one attached hydrogen (secondary N) is 2. The van der Waals surface area contributed by atoms with E-state index in [0.717, 1.165) is 17.7 Å². The third-order valence-electron chi connectivity index (χ3n) is 3.86. The van der Waals surface area contributed by atoms with Crippen molar-refractivity contribution in [2.24, 2.45) is 0 Å². The van der Waals surface area contributed by atoms with E-state index in [-0.39, 0.29) is 11.9 Å². The molecule has 0 saturated carbocycles. The number of hydrogen-bond acceptors (Lipinski definition) is 4. The molecule has 0 bridgehead atoms. The Bertz CT molecular complexity index is 480. The van der Waals surface area contributed by atoms with Crippen LogP contribution in [0.3, 0.4) is 0 Å². The molecule has 1 fully saturated rings. The van der Waals surface area contributed by atoms with Crippen molar-refractivity contribution in [1.29, 1.82) is 0 Å². The van der Waals surface area contributed by atoms with E-state index >= 15 is 0 Å². The van der Waals surface area contributed by atoms with Crippen LogP contribution >= 0.6 is 0 Å². The van der Waals surface area contributed by atoms with Gasteiger partial charge in [-0.3, -0.25) is 4.79 Å². The lowest BCUT2D eigenvalue weighted by Crippen LogP contribution is -2.46. The largest absolute Gasteiger partial charge is 0.496 e. The summed E-state index contributed by atoms with van der Waals surface area (Å²) in [6.07, 6.45) is 1.49. The van der Waals surface area contributed by atoms with Gasteiger partial charge in [-0.25, -0.2) is 0 Å². The number of carbonyl (C=O) groups is 1. The maximum absolute atomic E-state index is 11.2. The molecule has 1 saturated heterocycles. The second-order valence-electron chi connectivity index (χ2n) is 5.43. The number of rotatable bonds is 6. The van der Waals surface area contributed by atoms with E-state index in [0.29, 0.717) is 25.6 Å². The number of piperidine rings is 1. The summed E-state index contributed by atoms with van der Waals surface area (Å²) in [7, 11) is 3.35. The van der Waals surface area contributed by atoms with Gasteiger partial charge in [0.05, 0.1) is 13.7 Å². The summed E-state index contributed by atoms with van der Waals surface area (Å²) in [6, 6.07) is 6.69. The molecule has 2 N–H and O–H groups in total. The molecule has 1 aliphatic rings. The maximum atomic E-state index is 11.2. The van der Waals surface area contributed by atoms with Crippen LogP contribution < -0.4 is 15.4 Å². The predicted octanol–water partition coefficient (Wildman–Crippen LogP) is 1.77. The lowest BCUT2D eigenvalue weighted by Gasteiger charge is -2.27. The van der Waals surface area contributed by atoms with Crippen LogP contribution in [-0.4, -0.2) is 32.7 Å². The van der Waals surface area contributed by atoms with E-state index in [1.807, 2.05) is 6.07 Å². The Hall–Kier alpha value is -1.59. The van der Waals surface area contributed by atoms with Crippen LogP contribution in [-0.2, 0) is 16.1 Å². The molecule has 2 unspecified atom stereocenters. The van der Waals surface area contributed by atoms with Gasteiger partial charge in [0.2, 0.25) is 5.91 Å². The van der Waals surface area contributed by atoms with Crippen molar-refractivity contribution in [2.45, 2.75) is 38.5 Å². The Labute approximate surface area is 126 Å². The molecule has 1 aromatic carbocycles. The molecule has 1 amide bonds. The van der Waals surface area contributed by atoms with Crippen molar-refractivity contribution in [3.63, 3.8) is 0 Å². The fraction of sp³-hybridized carbons (Fsp3) is 0.562. The second kappa shape index (κ2) is 7.43. The van der Waals surface area contributed by atoms with E-state index in [1.165, 1.54) is 5.56 Å². The topological polar surface area (TPSA) is 59.6 Å². The van der Waals surface area contributed by atoms with Gasteiger partial charge in [-0.15, -0.1) is 0 Å². The highest BCUT2D eigenvalue weighted by Gasteiger charge is 2.20. The zero-order chi connectivity index (χ0) is 15.2. The van der Waals surface area contributed by atoms with Crippen molar-refractivity contribution in [3.8, 4) is 5.75 Å². The smallest absolute Gasteiger partial charge is 0.220 e. The Balaban J connectivity index is 2.02. The fourth-order valence-corrected chi connectivity index (χ4v) is 2.66. The molecule has 2 rings (SSSR count). The highest BCUT2D eigenvalue weighted by molar-refractivity contribution is 5.76. The third kappa shape index (κ3) is 4.19. The number of ether oxygens (including phenoxy) is 2. The molecule has 0 radical (unpaired) electrons. The van der Waals surface area contributed by atoms with Crippen molar-refractivity contribution >= 4 is 5.91 Å². The van der Waals surface area contributed by atoms with E-state index < -0.39 is 0 Å². The number of amides is 1. The van der Waals surface area contributed by atoms with Crippen molar-refractivity contribution in [3.05, 3.63) is 29.3 Å². The van der Waals surface area contributed by atoms with Crippen molar-refractivity contribution < 1.29 is 14.3 Å². The van der Waals surface area contributed by atoms with Gasteiger partial charge in [0, 0.05) is 37.7 Å². The van der Waals surface area contributed by atoms with Gasteiger partial charge in [-0.1, -0.05) is 6.07 Å². The standard InChI is InChI=1S/C16H24N2O3/c1-11(18-14-5-7-16(19)17-9-14)12-4-6-15(21-3)13(8-12)10-20-2/h4,6,8,11,14,18H,5,7,9-10H2,1-3H3,(H,17,19). The average molecular weight is 292 g/mol. The van der Waals surface area contributed by atoms with E-state index in [9.17, 15) is 4.79 Å². The van der Waals surface area contributed by atoms with Crippen LogP contribution in [0, 0.1) is 0 Å². The Kier molecular flexibility index (Phi) is 5.59. The molecule has 1 aliphatic heterocycles. The molecule has 0 spiro atoms. The van der Waals surface area contributed by atoms with Crippen LogP contribution in [0.15, 0.2) is 18.2 Å². The normalized spacial score (nSPS) is 20.0. The predicted molar refractivity (Wildman–Crippen MR) is 81.3 cm³/mol. The molecule has 21 heavy (non-hydrogen) atoms. The lowest BCUT2D eigenvalue weighted by atomic mass is 10.0. The molecule has 5 heteroatoms. The zero-order valence-corrected chi connectivity index (χ0v) is 12.9. The van der Waals surface area contributed by atoms with Crippen molar-refractivity contribution in [1.82, 2.24) is 10.6 Å². The Morgan fingerprint density at radius 2 is 2.24 bits per heavy atom. The zero-order valence-electron chi connectivity index (χ0n) is 12.9. The summed E-state index contributed by atoms with van der Waals surface area (Å²) >= 11 is 0. The summed E-state index contributed by atoms with van der Waals surface area (Å²) in [5.74, 6) is 0.991. The minimum atomic E-state index is 0.146. The summed E-state index contributed by atoms with van der Waals surface area (Å²) in [4.78, 5) is 11.2. The van der Waals surface area contributed by atoms with E-state index in [4.69, 9.17) is 9.47 Å². The third-order valence-corrected chi connectivity index (χ3v) is 3.86. The molecule has 5 nitrogen and oxygen atoms in total.